The fourth-order valence-electron chi connectivity index (χ4n) is 3.31. The zero-order valence-electron chi connectivity index (χ0n) is 14.2. The van der Waals surface area contributed by atoms with Crippen LogP contribution in [0.5, 0.6) is 0 Å². The minimum absolute atomic E-state index is 0.0660. The number of piperidine rings is 1. The van der Waals surface area contributed by atoms with Crippen LogP contribution in [0.25, 0.3) is 11.3 Å². The molecule has 26 heavy (non-hydrogen) atoms. The maximum absolute atomic E-state index is 10.9. The van der Waals surface area contributed by atoms with Crippen LogP contribution in [-0.4, -0.2) is 33.0 Å². The van der Waals surface area contributed by atoms with Crippen molar-refractivity contribution in [3.05, 3.63) is 58.5 Å². The van der Waals surface area contributed by atoms with Crippen molar-refractivity contribution in [1.29, 1.82) is 0 Å². The molecule has 1 aliphatic rings. The smallest absolute Gasteiger partial charge is 0.269 e. The summed E-state index contributed by atoms with van der Waals surface area (Å²) in [5, 5.41) is 19.6. The van der Waals surface area contributed by atoms with Crippen molar-refractivity contribution in [2.75, 3.05) is 18.0 Å². The van der Waals surface area contributed by atoms with Gasteiger partial charge in [0.15, 0.2) is 5.82 Å². The minimum atomic E-state index is -0.400. The summed E-state index contributed by atoms with van der Waals surface area (Å²) in [5.41, 5.74) is 1.63. The molecular formula is C18H19N5O3. The van der Waals surface area contributed by atoms with Crippen molar-refractivity contribution < 1.29 is 9.34 Å². The predicted octanol–water partition coefficient (Wildman–Crippen LogP) is 3.48. The Labute approximate surface area is 150 Å². The minimum Gasteiger partial charge on any atom is -0.467 e. The van der Waals surface area contributed by atoms with E-state index in [4.69, 9.17) is 4.42 Å². The first kappa shape index (κ1) is 16.3. The van der Waals surface area contributed by atoms with Gasteiger partial charge in [0.1, 0.15) is 18.0 Å². The molecule has 0 unspecified atom stereocenters. The van der Waals surface area contributed by atoms with Crippen LogP contribution >= 0.6 is 0 Å². The molecule has 8 nitrogen and oxygen atoms in total. The second-order valence-electron chi connectivity index (χ2n) is 6.35. The van der Waals surface area contributed by atoms with Crippen LogP contribution in [0, 0.1) is 10.1 Å². The largest absolute Gasteiger partial charge is 0.467 e. The number of anilines is 1. The van der Waals surface area contributed by atoms with Crippen molar-refractivity contribution in [2.45, 2.75) is 25.8 Å². The molecule has 3 aromatic rings. The standard InChI is InChI=1S/C18H19N5O3/c24-23(25)15-8-6-14(7-9-15)17-18(21-10-2-1-3-11-21)22(20-19-17)13-16-5-4-12-26-16/h4-9,12H,1-3,10-11,13H2. The summed E-state index contributed by atoms with van der Waals surface area (Å²) in [6.07, 6.45) is 5.13. The van der Waals surface area contributed by atoms with Gasteiger partial charge in [-0.3, -0.25) is 10.1 Å². The molecule has 0 saturated carbocycles. The van der Waals surface area contributed by atoms with Gasteiger partial charge < -0.3 is 9.32 Å². The van der Waals surface area contributed by atoms with E-state index in [2.05, 4.69) is 15.2 Å². The fourth-order valence-corrected chi connectivity index (χ4v) is 3.31. The lowest BCUT2D eigenvalue weighted by Crippen LogP contribution is -2.32. The van der Waals surface area contributed by atoms with E-state index in [9.17, 15) is 10.1 Å². The molecule has 134 valence electrons. The average molecular weight is 353 g/mol. The highest BCUT2D eigenvalue weighted by Crippen LogP contribution is 2.32. The van der Waals surface area contributed by atoms with Crippen LogP contribution in [0.2, 0.25) is 0 Å². The Kier molecular flexibility index (Phi) is 4.39. The van der Waals surface area contributed by atoms with Gasteiger partial charge in [0.25, 0.3) is 5.69 Å². The van der Waals surface area contributed by atoms with Crippen molar-refractivity contribution >= 4 is 11.5 Å². The van der Waals surface area contributed by atoms with Crippen LogP contribution in [0.4, 0.5) is 11.5 Å². The third-order valence-electron chi connectivity index (χ3n) is 4.60. The number of nitro groups is 1. The second-order valence-corrected chi connectivity index (χ2v) is 6.35. The van der Waals surface area contributed by atoms with Crippen molar-refractivity contribution in [3.8, 4) is 11.3 Å². The number of hydrogen-bond acceptors (Lipinski definition) is 6. The van der Waals surface area contributed by atoms with E-state index in [0.717, 1.165) is 48.8 Å². The van der Waals surface area contributed by atoms with Gasteiger partial charge in [-0.15, -0.1) is 5.10 Å². The molecule has 0 bridgehead atoms. The van der Waals surface area contributed by atoms with Gasteiger partial charge >= 0.3 is 0 Å². The Morgan fingerprint density at radius 3 is 2.54 bits per heavy atom. The third-order valence-corrected chi connectivity index (χ3v) is 4.60. The number of furan rings is 1. The molecule has 1 aliphatic heterocycles. The van der Waals surface area contributed by atoms with Crippen molar-refractivity contribution in [1.82, 2.24) is 15.0 Å². The summed E-state index contributed by atoms with van der Waals surface area (Å²) in [4.78, 5) is 12.8. The first-order chi connectivity index (χ1) is 12.7. The molecule has 8 heteroatoms. The third kappa shape index (κ3) is 3.17. The quantitative estimate of drug-likeness (QED) is 0.515. The monoisotopic (exact) mass is 353 g/mol. The summed E-state index contributed by atoms with van der Waals surface area (Å²) in [7, 11) is 0. The fraction of sp³-hybridized carbons (Fsp3) is 0.333. The van der Waals surface area contributed by atoms with Crippen molar-refractivity contribution in [2.24, 2.45) is 0 Å². The zero-order chi connectivity index (χ0) is 17.9. The maximum Gasteiger partial charge on any atom is 0.269 e. The average Bonchev–Trinajstić information content (AvgIpc) is 3.33. The topological polar surface area (TPSA) is 90.2 Å². The molecule has 0 aliphatic carbocycles. The van der Waals surface area contributed by atoms with Gasteiger partial charge in [-0.25, -0.2) is 4.68 Å². The highest BCUT2D eigenvalue weighted by atomic mass is 16.6. The Morgan fingerprint density at radius 2 is 1.88 bits per heavy atom. The lowest BCUT2D eigenvalue weighted by atomic mass is 10.1. The molecule has 1 saturated heterocycles. The number of nitro benzene ring substituents is 1. The maximum atomic E-state index is 10.9. The summed E-state index contributed by atoms with van der Waals surface area (Å²) in [6, 6.07) is 10.2. The first-order valence-electron chi connectivity index (χ1n) is 8.68. The highest BCUT2D eigenvalue weighted by Gasteiger charge is 2.23. The van der Waals surface area contributed by atoms with E-state index < -0.39 is 4.92 Å². The summed E-state index contributed by atoms with van der Waals surface area (Å²) >= 11 is 0. The highest BCUT2D eigenvalue weighted by molar-refractivity contribution is 5.73. The molecule has 3 heterocycles. The van der Waals surface area contributed by atoms with Crippen molar-refractivity contribution in [3.63, 3.8) is 0 Å². The van der Waals surface area contributed by atoms with E-state index in [1.165, 1.54) is 18.6 Å². The second kappa shape index (κ2) is 6.99. The number of nitrogens with zero attached hydrogens (tertiary/aromatic N) is 5. The van der Waals surface area contributed by atoms with E-state index in [0.29, 0.717) is 6.54 Å². The molecule has 0 amide bonds. The Bertz CT molecular complexity index is 880. The number of aromatic nitrogens is 3. The molecule has 0 radical (unpaired) electrons. The van der Waals surface area contributed by atoms with Crippen LogP contribution in [0.15, 0.2) is 47.1 Å². The van der Waals surface area contributed by atoms with Gasteiger partial charge in [0, 0.05) is 30.8 Å². The van der Waals surface area contributed by atoms with Gasteiger partial charge in [0.05, 0.1) is 11.2 Å². The Hall–Kier alpha value is -3.16. The summed E-state index contributed by atoms with van der Waals surface area (Å²) in [5.74, 6) is 1.75. The molecular weight excluding hydrogens is 334 g/mol. The molecule has 0 spiro atoms. The first-order valence-corrected chi connectivity index (χ1v) is 8.68. The van der Waals surface area contributed by atoms with E-state index in [1.807, 2.05) is 16.8 Å². The zero-order valence-corrected chi connectivity index (χ0v) is 14.2. The molecule has 4 rings (SSSR count). The Balaban J connectivity index is 1.73. The lowest BCUT2D eigenvalue weighted by Gasteiger charge is -2.29. The Morgan fingerprint density at radius 1 is 1.12 bits per heavy atom. The number of rotatable bonds is 5. The molecule has 1 fully saturated rings. The predicted molar refractivity (Wildman–Crippen MR) is 96.0 cm³/mol. The number of benzene rings is 1. The molecule has 0 atom stereocenters. The normalized spacial score (nSPS) is 14.5. The van der Waals surface area contributed by atoms with Crippen LogP contribution < -0.4 is 4.90 Å². The summed E-state index contributed by atoms with van der Waals surface area (Å²) in [6.45, 7) is 2.40. The number of non-ortho nitro benzene ring substituents is 1. The molecule has 0 N–H and O–H groups in total. The van der Waals surface area contributed by atoms with E-state index >= 15 is 0 Å². The van der Waals surface area contributed by atoms with Gasteiger partial charge in [-0.05, 0) is 43.5 Å². The summed E-state index contributed by atoms with van der Waals surface area (Å²) < 4.78 is 7.30. The van der Waals surface area contributed by atoms with Crippen LogP contribution in [0.1, 0.15) is 25.0 Å². The van der Waals surface area contributed by atoms with Gasteiger partial charge in [0.2, 0.25) is 0 Å². The molecule has 2 aromatic heterocycles. The lowest BCUT2D eigenvalue weighted by molar-refractivity contribution is -0.384. The molecule has 1 aromatic carbocycles. The SMILES string of the molecule is O=[N+]([O-])c1ccc(-c2nnn(Cc3ccco3)c2N2CCCCC2)cc1. The van der Waals surface area contributed by atoms with E-state index in [1.54, 1.807) is 18.4 Å². The van der Waals surface area contributed by atoms with E-state index in [-0.39, 0.29) is 5.69 Å². The van der Waals surface area contributed by atoms with Gasteiger partial charge in [-0.2, -0.15) is 0 Å². The van der Waals surface area contributed by atoms with Crippen LogP contribution in [0.3, 0.4) is 0 Å². The van der Waals surface area contributed by atoms with Gasteiger partial charge in [-0.1, -0.05) is 5.21 Å². The number of hydrogen-bond donors (Lipinski definition) is 0. The van der Waals surface area contributed by atoms with Crippen LogP contribution in [-0.2, 0) is 6.54 Å².